The van der Waals surface area contributed by atoms with Gasteiger partial charge in [-0.05, 0) is 31.2 Å². The number of hydrogen-bond donors (Lipinski definition) is 3. The highest BCUT2D eigenvalue weighted by Crippen LogP contribution is 2.27. The minimum absolute atomic E-state index is 0. The van der Waals surface area contributed by atoms with E-state index in [1.165, 1.54) is 0 Å². The number of carbonyl (C=O) groups excluding carboxylic acids is 1. The first-order valence-electron chi connectivity index (χ1n) is 9.03. The van der Waals surface area contributed by atoms with E-state index < -0.39 is 5.91 Å². The number of aromatic hydroxyl groups is 1. The van der Waals surface area contributed by atoms with Gasteiger partial charge in [0.25, 0.3) is 5.91 Å². The number of nitrogens with zero attached hydrogens (tertiary/aromatic N) is 3. The van der Waals surface area contributed by atoms with Crippen LogP contribution < -0.4 is 16.0 Å². The highest BCUT2D eigenvalue weighted by Gasteiger charge is 2.21. The Kier molecular flexibility index (Phi) is 7.97. The van der Waals surface area contributed by atoms with Crippen molar-refractivity contribution in [3.8, 4) is 5.75 Å². The molecule has 152 valence electrons. The molecule has 8 nitrogen and oxygen atoms in total. The quantitative estimate of drug-likeness (QED) is 0.330. The molecule has 0 spiro atoms. The van der Waals surface area contributed by atoms with Gasteiger partial charge in [0.15, 0.2) is 11.7 Å². The van der Waals surface area contributed by atoms with Crippen molar-refractivity contribution in [1.82, 2.24) is 10.2 Å². The summed E-state index contributed by atoms with van der Waals surface area (Å²) in [6.07, 6.45) is 0. The van der Waals surface area contributed by atoms with E-state index in [-0.39, 0.29) is 29.7 Å². The van der Waals surface area contributed by atoms with Gasteiger partial charge in [0.05, 0.1) is 5.69 Å². The van der Waals surface area contributed by atoms with Gasteiger partial charge >= 0.3 is 0 Å². The van der Waals surface area contributed by atoms with Crippen molar-refractivity contribution in [2.75, 3.05) is 37.6 Å². The molecular weight excluding hydrogens is 473 g/mol. The first-order chi connectivity index (χ1) is 13.1. The van der Waals surface area contributed by atoms with Gasteiger partial charge in [0, 0.05) is 32.7 Å². The Morgan fingerprint density at radius 2 is 1.93 bits per heavy atom. The average molecular weight is 499 g/mol. The zero-order valence-corrected chi connectivity index (χ0v) is 18.1. The van der Waals surface area contributed by atoms with Crippen molar-refractivity contribution in [2.24, 2.45) is 10.7 Å². The Bertz CT molecular complexity index is 815. The second-order valence-corrected chi connectivity index (χ2v) is 6.26. The molecule has 1 aromatic heterocycles. The number of aliphatic imine (C=N–C) groups is 1. The van der Waals surface area contributed by atoms with Gasteiger partial charge < -0.3 is 30.4 Å². The lowest BCUT2D eigenvalue weighted by atomic mass is 10.2. The number of halogens is 1. The Morgan fingerprint density at radius 1 is 1.21 bits per heavy atom. The number of benzene rings is 1. The van der Waals surface area contributed by atoms with Crippen LogP contribution in [-0.2, 0) is 6.54 Å². The molecule has 0 atom stereocenters. The monoisotopic (exact) mass is 499 g/mol. The Hall–Kier alpha value is -2.43. The third-order valence-corrected chi connectivity index (χ3v) is 4.43. The SMILES string of the molecule is CCNC(=NCc1ccc(C(N)=O)o1)N1CCN(c2ccccc2O)CC1.I. The van der Waals surface area contributed by atoms with Crippen molar-refractivity contribution < 1.29 is 14.3 Å². The van der Waals surface area contributed by atoms with E-state index >= 15 is 0 Å². The molecule has 0 unspecified atom stereocenters. The number of furan rings is 1. The normalized spacial score (nSPS) is 14.5. The first-order valence-corrected chi connectivity index (χ1v) is 9.03. The van der Waals surface area contributed by atoms with Gasteiger partial charge in [-0.3, -0.25) is 4.79 Å². The number of phenols is 1. The number of carbonyl (C=O) groups is 1. The fourth-order valence-electron chi connectivity index (χ4n) is 3.06. The maximum atomic E-state index is 11.1. The molecule has 28 heavy (non-hydrogen) atoms. The molecule has 1 aliphatic heterocycles. The summed E-state index contributed by atoms with van der Waals surface area (Å²) in [5, 5.41) is 13.3. The number of piperazine rings is 1. The summed E-state index contributed by atoms with van der Waals surface area (Å²) in [4.78, 5) is 20.1. The van der Waals surface area contributed by atoms with E-state index in [9.17, 15) is 9.90 Å². The molecule has 4 N–H and O–H groups in total. The molecular formula is C19H26IN5O3. The van der Waals surface area contributed by atoms with Crippen molar-refractivity contribution in [3.05, 3.63) is 47.9 Å². The number of nitrogens with one attached hydrogen (secondary N) is 1. The van der Waals surface area contributed by atoms with E-state index in [0.29, 0.717) is 18.1 Å². The fourth-order valence-corrected chi connectivity index (χ4v) is 3.06. The highest BCUT2D eigenvalue weighted by molar-refractivity contribution is 14.0. The van der Waals surface area contributed by atoms with Crippen LogP contribution in [0.5, 0.6) is 5.75 Å². The fraction of sp³-hybridized carbons (Fsp3) is 0.368. The van der Waals surface area contributed by atoms with Crippen LogP contribution in [0.25, 0.3) is 0 Å². The van der Waals surface area contributed by atoms with Crippen LogP contribution in [0, 0.1) is 0 Å². The zero-order chi connectivity index (χ0) is 19.2. The molecule has 1 amide bonds. The zero-order valence-electron chi connectivity index (χ0n) is 15.8. The molecule has 1 aliphatic rings. The van der Waals surface area contributed by atoms with E-state index in [2.05, 4.69) is 20.1 Å². The van der Waals surface area contributed by atoms with Crippen molar-refractivity contribution in [2.45, 2.75) is 13.5 Å². The van der Waals surface area contributed by atoms with Crippen molar-refractivity contribution in [1.29, 1.82) is 0 Å². The van der Waals surface area contributed by atoms with Crippen LogP contribution >= 0.6 is 24.0 Å². The summed E-state index contributed by atoms with van der Waals surface area (Å²) in [6.45, 7) is 6.24. The number of primary amides is 1. The van der Waals surface area contributed by atoms with Crippen LogP contribution in [0.1, 0.15) is 23.2 Å². The lowest BCUT2D eigenvalue weighted by Gasteiger charge is -2.37. The van der Waals surface area contributed by atoms with E-state index in [4.69, 9.17) is 10.2 Å². The van der Waals surface area contributed by atoms with Crippen molar-refractivity contribution in [3.63, 3.8) is 0 Å². The summed E-state index contributed by atoms with van der Waals surface area (Å²) in [7, 11) is 0. The maximum Gasteiger partial charge on any atom is 0.284 e. The predicted octanol–water partition coefficient (Wildman–Crippen LogP) is 1.99. The number of guanidine groups is 1. The van der Waals surface area contributed by atoms with E-state index in [0.717, 1.165) is 44.4 Å². The molecule has 1 fully saturated rings. The molecule has 0 radical (unpaired) electrons. The summed E-state index contributed by atoms with van der Waals surface area (Å²) in [5.41, 5.74) is 6.06. The number of rotatable bonds is 5. The molecule has 1 aromatic carbocycles. The second-order valence-electron chi connectivity index (χ2n) is 6.26. The molecule has 3 rings (SSSR count). The first kappa shape index (κ1) is 21.9. The predicted molar refractivity (Wildman–Crippen MR) is 119 cm³/mol. The molecule has 1 saturated heterocycles. The minimum atomic E-state index is -0.586. The summed E-state index contributed by atoms with van der Waals surface area (Å²) < 4.78 is 5.39. The molecule has 2 heterocycles. The number of phenolic OH excluding ortho intramolecular Hbond substituents is 1. The largest absolute Gasteiger partial charge is 0.506 e. The average Bonchev–Trinajstić information content (AvgIpc) is 3.15. The molecule has 9 heteroatoms. The lowest BCUT2D eigenvalue weighted by Crippen LogP contribution is -2.52. The highest BCUT2D eigenvalue weighted by atomic mass is 127. The maximum absolute atomic E-state index is 11.1. The smallest absolute Gasteiger partial charge is 0.284 e. The topological polar surface area (TPSA) is 107 Å². The molecule has 0 bridgehead atoms. The van der Waals surface area contributed by atoms with Gasteiger partial charge in [-0.25, -0.2) is 4.99 Å². The Labute approximate surface area is 181 Å². The van der Waals surface area contributed by atoms with Gasteiger partial charge in [-0.1, -0.05) is 12.1 Å². The van der Waals surface area contributed by atoms with Gasteiger partial charge in [-0.2, -0.15) is 0 Å². The minimum Gasteiger partial charge on any atom is -0.506 e. The summed E-state index contributed by atoms with van der Waals surface area (Å²) >= 11 is 0. The Balaban J connectivity index is 0.00000280. The van der Waals surface area contributed by atoms with Gasteiger partial charge in [-0.15, -0.1) is 24.0 Å². The second kappa shape index (κ2) is 10.2. The van der Waals surface area contributed by atoms with Crippen molar-refractivity contribution >= 4 is 41.5 Å². The number of hydrogen-bond acceptors (Lipinski definition) is 5. The lowest BCUT2D eigenvalue weighted by molar-refractivity contribution is 0.0972. The Morgan fingerprint density at radius 3 is 2.54 bits per heavy atom. The number of nitrogens with two attached hydrogens (primary N) is 1. The van der Waals surface area contributed by atoms with Crippen LogP contribution in [0.3, 0.4) is 0 Å². The number of amides is 1. The van der Waals surface area contributed by atoms with E-state index in [1.807, 2.05) is 25.1 Å². The standard InChI is InChI=1S/C19H25N5O3.HI/c1-2-21-19(22-13-14-7-8-17(27-14)18(20)26)24-11-9-23(10-12-24)15-5-3-4-6-16(15)25;/h3-8,25H,2,9-13H2,1H3,(H2,20,26)(H,21,22);1H. The number of anilines is 1. The van der Waals surface area contributed by atoms with Crippen LogP contribution in [0.15, 0.2) is 45.8 Å². The number of para-hydroxylation sites is 2. The van der Waals surface area contributed by atoms with Crippen LogP contribution in [0.4, 0.5) is 5.69 Å². The van der Waals surface area contributed by atoms with Crippen LogP contribution in [0.2, 0.25) is 0 Å². The summed E-state index contributed by atoms with van der Waals surface area (Å²) in [6, 6.07) is 10.7. The van der Waals surface area contributed by atoms with Crippen LogP contribution in [-0.4, -0.2) is 54.6 Å². The summed E-state index contributed by atoms with van der Waals surface area (Å²) in [5.74, 6) is 1.24. The van der Waals surface area contributed by atoms with Gasteiger partial charge in [0.1, 0.15) is 18.1 Å². The van der Waals surface area contributed by atoms with E-state index in [1.54, 1.807) is 18.2 Å². The molecule has 0 aliphatic carbocycles. The molecule has 2 aromatic rings. The third kappa shape index (κ3) is 5.31. The molecule has 0 saturated carbocycles. The third-order valence-electron chi connectivity index (χ3n) is 4.43. The van der Waals surface area contributed by atoms with Gasteiger partial charge in [0.2, 0.25) is 0 Å².